The molecule has 162 valence electrons. The molecular weight excluding hydrogens is 352 g/mol. The van der Waals surface area contributed by atoms with Crippen LogP contribution in [0, 0.1) is 40.4 Å². The van der Waals surface area contributed by atoms with Crippen LogP contribution in [0.25, 0.3) is 0 Å². The molecule has 8 unspecified atom stereocenters. The van der Waals surface area contributed by atoms with Gasteiger partial charge in [0.15, 0.2) is 0 Å². The number of hydrogen-bond acceptors (Lipinski definition) is 1. The van der Waals surface area contributed by atoms with Crippen LogP contribution in [0.4, 0.5) is 0 Å². The second-order valence-corrected chi connectivity index (χ2v) is 11.8. The molecule has 1 N–H and O–H groups in total. The minimum atomic E-state index is -0.102. The maximum atomic E-state index is 10.5. The molecule has 2 fully saturated rings. The predicted molar refractivity (Wildman–Crippen MR) is 124 cm³/mol. The van der Waals surface area contributed by atoms with Crippen molar-refractivity contribution in [2.45, 2.75) is 99.0 Å². The summed E-state index contributed by atoms with van der Waals surface area (Å²) in [6, 6.07) is 0. The van der Waals surface area contributed by atoms with Crippen molar-refractivity contribution in [1.29, 1.82) is 0 Å². The van der Waals surface area contributed by atoms with Crippen molar-refractivity contribution in [2.24, 2.45) is 40.4 Å². The van der Waals surface area contributed by atoms with Crippen molar-refractivity contribution in [1.82, 2.24) is 0 Å². The van der Waals surface area contributed by atoms with Gasteiger partial charge in [0.05, 0.1) is 6.10 Å². The number of aliphatic hydroxyl groups excluding tert-OH is 1. The average molecular weight is 397 g/mol. The summed E-state index contributed by atoms with van der Waals surface area (Å²) in [6.07, 6.45) is 17.6. The lowest BCUT2D eigenvalue weighted by Crippen LogP contribution is -2.48. The molecule has 2 saturated carbocycles. The van der Waals surface area contributed by atoms with E-state index >= 15 is 0 Å². The molecule has 0 aromatic rings. The van der Waals surface area contributed by atoms with E-state index in [0.717, 1.165) is 30.6 Å². The maximum Gasteiger partial charge on any atom is 0.0569 e. The molecule has 0 heterocycles. The number of allylic oxidation sites excluding steroid dienone is 6. The zero-order valence-corrected chi connectivity index (χ0v) is 19.8. The van der Waals surface area contributed by atoms with Crippen LogP contribution < -0.4 is 0 Å². The lowest BCUT2D eigenvalue weighted by molar-refractivity contribution is -0.0205. The first-order valence-corrected chi connectivity index (χ1v) is 12.4. The smallest absolute Gasteiger partial charge is 0.0569 e. The molecule has 0 aliphatic heterocycles. The van der Waals surface area contributed by atoms with Crippen LogP contribution >= 0.6 is 0 Å². The van der Waals surface area contributed by atoms with Gasteiger partial charge in [0.2, 0.25) is 0 Å². The van der Waals surface area contributed by atoms with Gasteiger partial charge in [-0.3, -0.25) is 0 Å². The molecule has 4 aliphatic carbocycles. The maximum absolute atomic E-state index is 10.5. The normalized spacial score (nSPS) is 44.7. The summed E-state index contributed by atoms with van der Waals surface area (Å²) in [6.45, 7) is 14.4. The highest BCUT2D eigenvalue weighted by Crippen LogP contribution is 2.65. The molecule has 0 aromatic carbocycles. The van der Waals surface area contributed by atoms with E-state index in [9.17, 15) is 5.11 Å². The zero-order chi connectivity index (χ0) is 21.0. The Morgan fingerprint density at radius 3 is 2.69 bits per heavy atom. The summed E-state index contributed by atoms with van der Waals surface area (Å²) < 4.78 is 0. The largest absolute Gasteiger partial charge is 0.393 e. The summed E-state index contributed by atoms with van der Waals surface area (Å²) in [4.78, 5) is 0. The molecule has 0 spiro atoms. The summed E-state index contributed by atoms with van der Waals surface area (Å²) in [5, 5.41) is 10.5. The van der Waals surface area contributed by atoms with Crippen LogP contribution in [-0.4, -0.2) is 11.2 Å². The van der Waals surface area contributed by atoms with E-state index in [1.54, 1.807) is 11.1 Å². The molecule has 4 aliphatic rings. The van der Waals surface area contributed by atoms with Crippen LogP contribution in [0.1, 0.15) is 92.9 Å². The lowest BCUT2D eigenvalue weighted by atomic mass is 9.50. The third kappa shape index (κ3) is 3.40. The van der Waals surface area contributed by atoms with Crippen LogP contribution in [0.2, 0.25) is 0 Å². The van der Waals surface area contributed by atoms with Crippen molar-refractivity contribution in [2.75, 3.05) is 0 Å². The highest BCUT2D eigenvalue weighted by Gasteiger charge is 2.56. The van der Waals surface area contributed by atoms with Crippen LogP contribution in [0.15, 0.2) is 34.9 Å². The van der Waals surface area contributed by atoms with Gasteiger partial charge in [-0.2, -0.15) is 0 Å². The molecule has 29 heavy (non-hydrogen) atoms. The SMILES string of the molecule is CC(C)=CCCC(C)C1CCC2C3=CCC4C(C)C(O)CCC4(C)C3=CCC21C. The number of aliphatic hydroxyl groups is 1. The van der Waals surface area contributed by atoms with Crippen molar-refractivity contribution in [3.05, 3.63) is 34.9 Å². The van der Waals surface area contributed by atoms with Gasteiger partial charge in [-0.05, 0) is 117 Å². The van der Waals surface area contributed by atoms with Gasteiger partial charge in [0.25, 0.3) is 0 Å². The predicted octanol–water partition coefficient (Wildman–Crippen LogP) is 7.47. The van der Waals surface area contributed by atoms with Crippen LogP contribution in [0.5, 0.6) is 0 Å². The van der Waals surface area contributed by atoms with Gasteiger partial charge in [-0.25, -0.2) is 0 Å². The first kappa shape index (κ1) is 21.4. The lowest BCUT2D eigenvalue weighted by Gasteiger charge is -2.55. The molecule has 0 aromatic heterocycles. The minimum Gasteiger partial charge on any atom is -0.393 e. The molecule has 0 radical (unpaired) electrons. The monoisotopic (exact) mass is 396 g/mol. The second-order valence-electron chi connectivity index (χ2n) is 11.8. The number of hydrogen-bond donors (Lipinski definition) is 1. The van der Waals surface area contributed by atoms with E-state index in [1.165, 1.54) is 44.1 Å². The Kier molecular flexibility index (Phi) is 5.69. The molecule has 1 heteroatoms. The molecule has 0 amide bonds. The van der Waals surface area contributed by atoms with Gasteiger partial charge < -0.3 is 5.11 Å². The van der Waals surface area contributed by atoms with E-state index in [4.69, 9.17) is 0 Å². The molecule has 0 bridgehead atoms. The molecule has 1 nitrogen and oxygen atoms in total. The highest BCUT2D eigenvalue weighted by molar-refractivity contribution is 5.46. The summed E-state index contributed by atoms with van der Waals surface area (Å²) in [5.41, 5.74) is 5.60. The van der Waals surface area contributed by atoms with Crippen molar-refractivity contribution in [3.63, 3.8) is 0 Å². The van der Waals surface area contributed by atoms with Crippen LogP contribution in [0.3, 0.4) is 0 Å². The summed E-state index contributed by atoms with van der Waals surface area (Å²) in [5.74, 6) is 3.47. The fraction of sp³-hybridized carbons (Fsp3) is 0.786. The van der Waals surface area contributed by atoms with Crippen molar-refractivity contribution < 1.29 is 5.11 Å². The molecule has 8 atom stereocenters. The van der Waals surface area contributed by atoms with Gasteiger partial charge in [0.1, 0.15) is 0 Å². The van der Waals surface area contributed by atoms with E-state index in [1.807, 2.05) is 0 Å². The molecule has 0 saturated heterocycles. The Bertz CT molecular complexity index is 723. The highest BCUT2D eigenvalue weighted by atomic mass is 16.3. The van der Waals surface area contributed by atoms with E-state index < -0.39 is 0 Å². The quantitative estimate of drug-likeness (QED) is 0.488. The Hall–Kier alpha value is -0.820. The Morgan fingerprint density at radius 2 is 1.97 bits per heavy atom. The van der Waals surface area contributed by atoms with E-state index in [2.05, 4.69) is 59.8 Å². The van der Waals surface area contributed by atoms with E-state index in [0.29, 0.717) is 17.3 Å². The van der Waals surface area contributed by atoms with Gasteiger partial charge in [0, 0.05) is 0 Å². The van der Waals surface area contributed by atoms with E-state index in [-0.39, 0.29) is 11.5 Å². The van der Waals surface area contributed by atoms with Gasteiger partial charge in [-0.1, -0.05) is 51.5 Å². The summed E-state index contributed by atoms with van der Waals surface area (Å²) in [7, 11) is 0. The first-order valence-electron chi connectivity index (χ1n) is 12.4. The zero-order valence-electron chi connectivity index (χ0n) is 19.8. The molecule has 4 rings (SSSR count). The summed E-state index contributed by atoms with van der Waals surface area (Å²) >= 11 is 0. The second kappa shape index (κ2) is 7.70. The first-order chi connectivity index (χ1) is 13.7. The van der Waals surface area contributed by atoms with Crippen molar-refractivity contribution in [3.8, 4) is 0 Å². The standard InChI is InChI=1S/C28H44O/c1-18(2)8-7-9-19(3)22-12-13-24-21-10-11-23-20(4)26(29)15-17-28(23,6)25(21)14-16-27(22,24)5/h8,10,14,19-20,22-24,26,29H,7,9,11-13,15-17H2,1-6H3. The third-order valence-corrected chi connectivity index (χ3v) is 9.93. The number of rotatable bonds is 4. The third-order valence-electron chi connectivity index (χ3n) is 9.93. The van der Waals surface area contributed by atoms with Gasteiger partial charge >= 0.3 is 0 Å². The fourth-order valence-electron chi connectivity index (χ4n) is 8.09. The van der Waals surface area contributed by atoms with Gasteiger partial charge in [-0.15, -0.1) is 0 Å². The Labute approximate surface area is 179 Å². The Morgan fingerprint density at radius 1 is 1.21 bits per heavy atom. The number of fused-ring (bicyclic) bond motifs is 5. The van der Waals surface area contributed by atoms with Crippen LogP contribution in [-0.2, 0) is 0 Å². The Balaban J connectivity index is 1.58. The van der Waals surface area contributed by atoms with Crippen molar-refractivity contribution >= 4 is 0 Å². The minimum absolute atomic E-state index is 0.102. The fourth-order valence-corrected chi connectivity index (χ4v) is 8.09. The average Bonchev–Trinajstić information content (AvgIpc) is 3.02. The molecular formula is C28H44O. The topological polar surface area (TPSA) is 20.2 Å².